The number of hydrogen-bond donors (Lipinski definition) is 1. The summed E-state index contributed by atoms with van der Waals surface area (Å²) < 4.78 is 45.0. The second-order valence-corrected chi connectivity index (χ2v) is 15.1. The largest absolute Gasteiger partial charge is 0.449 e. The van der Waals surface area contributed by atoms with Crippen LogP contribution < -0.4 is 11.1 Å². The minimum absolute atomic E-state index is 0.219. The number of alkyl halides is 3. The van der Waals surface area contributed by atoms with E-state index in [0.29, 0.717) is 35.5 Å². The van der Waals surface area contributed by atoms with Gasteiger partial charge in [0.25, 0.3) is 5.56 Å². The number of halogens is 3. The topological polar surface area (TPSA) is 75.0 Å². The molecule has 3 heterocycles. The SMILES string of the molecule is CC(C)[Si](c1ncc(CN2CCc3nc(C(F)(F)F)[nH]c(=O)c3C2)o1)(C(C)C)C(C)C. The zero-order valence-electron chi connectivity index (χ0n) is 18.9. The predicted octanol–water partition coefficient (Wildman–Crippen LogP) is 4.22. The van der Waals surface area contributed by atoms with Crippen molar-refractivity contribution in [1.82, 2.24) is 19.9 Å². The minimum Gasteiger partial charge on any atom is -0.449 e. The van der Waals surface area contributed by atoms with Crippen LogP contribution in [0.4, 0.5) is 13.2 Å². The fourth-order valence-corrected chi connectivity index (χ4v) is 11.4. The first kappa shape index (κ1) is 23.7. The summed E-state index contributed by atoms with van der Waals surface area (Å²) in [5.41, 5.74) is 2.03. The molecule has 2 aromatic rings. The first-order valence-corrected chi connectivity index (χ1v) is 13.0. The monoisotopic (exact) mass is 456 g/mol. The molecule has 2 aromatic heterocycles. The van der Waals surface area contributed by atoms with Crippen molar-refractivity contribution in [2.75, 3.05) is 6.54 Å². The highest BCUT2D eigenvalue weighted by molar-refractivity contribution is 6.93. The van der Waals surface area contributed by atoms with Crippen LogP contribution in [-0.4, -0.2) is 34.5 Å². The van der Waals surface area contributed by atoms with Crippen LogP contribution in [0.5, 0.6) is 0 Å². The Balaban J connectivity index is 1.82. The number of H-pyrrole nitrogens is 1. The minimum atomic E-state index is -4.67. The van der Waals surface area contributed by atoms with Crippen molar-refractivity contribution in [3.63, 3.8) is 0 Å². The highest BCUT2D eigenvalue weighted by atomic mass is 28.3. The Morgan fingerprint density at radius 3 is 2.32 bits per heavy atom. The fourth-order valence-electron chi connectivity index (χ4n) is 5.29. The third kappa shape index (κ3) is 4.37. The zero-order valence-corrected chi connectivity index (χ0v) is 19.9. The first-order chi connectivity index (χ1) is 14.4. The van der Waals surface area contributed by atoms with Gasteiger partial charge in [-0.1, -0.05) is 41.5 Å². The molecule has 0 radical (unpaired) electrons. The zero-order chi connectivity index (χ0) is 23.1. The number of hydrogen-bond acceptors (Lipinski definition) is 5. The average molecular weight is 457 g/mol. The van der Waals surface area contributed by atoms with Gasteiger partial charge in [-0.2, -0.15) is 13.2 Å². The lowest BCUT2D eigenvalue weighted by atomic mass is 10.1. The van der Waals surface area contributed by atoms with Crippen LogP contribution in [0.2, 0.25) is 16.6 Å². The van der Waals surface area contributed by atoms with Gasteiger partial charge >= 0.3 is 6.18 Å². The molecule has 0 saturated carbocycles. The Kier molecular flexibility index (Phi) is 6.53. The number of oxazole rings is 1. The second-order valence-electron chi connectivity index (χ2n) is 9.33. The molecule has 172 valence electrons. The maximum atomic E-state index is 12.9. The molecule has 1 N–H and O–H groups in total. The van der Waals surface area contributed by atoms with E-state index in [-0.39, 0.29) is 24.2 Å². The number of nitrogens with one attached hydrogen (secondary N) is 1. The standard InChI is InChI=1S/C21H31F3N4O2Si/c1-12(2)31(13(3)4,14(5)6)20-25-9-15(30-20)10-28-8-7-17-16(11-28)18(29)27-19(26-17)21(22,23)24/h9,12-14H,7-8,10-11H2,1-6H3,(H,26,27,29). The predicted molar refractivity (Wildman–Crippen MR) is 115 cm³/mol. The normalized spacial score (nSPS) is 15.9. The van der Waals surface area contributed by atoms with Crippen molar-refractivity contribution < 1.29 is 17.6 Å². The summed E-state index contributed by atoms with van der Waals surface area (Å²) in [7, 11) is -2.01. The lowest BCUT2D eigenvalue weighted by molar-refractivity contribution is -0.145. The molecular formula is C21H31F3N4O2Si. The van der Waals surface area contributed by atoms with E-state index in [9.17, 15) is 18.0 Å². The van der Waals surface area contributed by atoms with Gasteiger partial charge in [0.05, 0.1) is 24.0 Å². The van der Waals surface area contributed by atoms with Crippen molar-refractivity contribution >= 4 is 13.6 Å². The van der Waals surface area contributed by atoms with Crippen molar-refractivity contribution in [1.29, 1.82) is 0 Å². The number of aromatic nitrogens is 3. The summed E-state index contributed by atoms with van der Waals surface area (Å²) in [6.07, 6.45) is -2.62. The molecule has 0 fully saturated rings. The van der Waals surface area contributed by atoms with Crippen LogP contribution >= 0.6 is 0 Å². The van der Waals surface area contributed by atoms with E-state index in [1.54, 1.807) is 6.20 Å². The molecule has 0 aliphatic carbocycles. The molecule has 1 aliphatic heterocycles. The average Bonchev–Trinajstić information content (AvgIpc) is 3.09. The molecule has 31 heavy (non-hydrogen) atoms. The van der Waals surface area contributed by atoms with E-state index in [2.05, 4.69) is 51.5 Å². The van der Waals surface area contributed by atoms with Crippen LogP contribution in [0.3, 0.4) is 0 Å². The van der Waals surface area contributed by atoms with Crippen LogP contribution in [0.1, 0.15) is 64.4 Å². The Bertz CT molecular complexity index is 960. The van der Waals surface area contributed by atoms with Gasteiger partial charge < -0.3 is 9.40 Å². The van der Waals surface area contributed by atoms with Gasteiger partial charge in [0.15, 0.2) is 13.6 Å². The van der Waals surface area contributed by atoms with E-state index in [1.165, 1.54) is 0 Å². The fraction of sp³-hybridized carbons (Fsp3) is 0.667. The van der Waals surface area contributed by atoms with Gasteiger partial charge in [-0.25, -0.2) is 9.97 Å². The molecule has 1 aliphatic rings. The second kappa shape index (κ2) is 8.53. The molecule has 0 spiro atoms. The Morgan fingerprint density at radius 1 is 1.16 bits per heavy atom. The summed E-state index contributed by atoms with van der Waals surface area (Å²) in [6.45, 7) is 14.6. The van der Waals surface area contributed by atoms with E-state index in [0.717, 1.165) is 5.51 Å². The summed E-state index contributed by atoms with van der Waals surface area (Å²) in [5, 5.41) is 0. The molecule has 0 atom stereocenters. The van der Waals surface area contributed by atoms with E-state index >= 15 is 0 Å². The molecule has 3 rings (SSSR count). The van der Waals surface area contributed by atoms with E-state index < -0.39 is 25.6 Å². The quantitative estimate of drug-likeness (QED) is 0.659. The number of aromatic amines is 1. The summed E-state index contributed by atoms with van der Waals surface area (Å²) in [6, 6.07) is 0. The lowest BCUT2D eigenvalue weighted by Gasteiger charge is -2.39. The van der Waals surface area contributed by atoms with Gasteiger partial charge in [-0.15, -0.1) is 0 Å². The van der Waals surface area contributed by atoms with Crippen molar-refractivity contribution in [2.45, 2.75) is 83.9 Å². The number of fused-ring (bicyclic) bond motifs is 1. The number of nitrogens with zero attached hydrogens (tertiary/aromatic N) is 3. The molecule has 10 heteroatoms. The molecule has 0 aromatic carbocycles. The molecule has 0 unspecified atom stereocenters. The third-order valence-corrected chi connectivity index (χ3v) is 13.3. The van der Waals surface area contributed by atoms with Crippen LogP contribution in [0.15, 0.2) is 15.4 Å². The maximum Gasteiger partial charge on any atom is 0.449 e. The third-order valence-electron chi connectivity index (χ3n) is 6.59. The van der Waals surface area contributed by atoms with Crippen LogP contribution in [0.25, 0.3) is 0 Å². The summed E-state index contributed by atoms with van der Waals surface area (Å²) in [4.78, 5) is 24.4. The van der Waals surface area contributed by atoms with E-state index in [1.807, 2.05) is 9.88 Å². The first-order valence-electron chi connectivity index (χ1n) is 10.7. The van der Waals surface area contributed by atoms with Crippen LogP contribution in [-0.2, 0) is 25.7 Å². The van der Waals surface area contributed by atoms with Gasteiger partial charge in [0.2, 0.25) is 5.82 Å². The van der Waals surface area contributed by atoms with Gasteiger partial charge in [0.1, 0.15) is 5.76 Å². The Labute approximate surface area is 181 Å². The number of rotatable bonds is 6. The lowest BCUT2D eigenvalue weighted by Crippen LogP contribution is -2.56. The van der Waals surface area contributed by atoms with Crippen molar-refractivity contribution in [3.8, 4) is 0 Å². The van der Waals surface area contributed by atoms with E-state index in [4.69, 9.17) is 4.42 Å². The molecule has 6 nitrogen and oxygen atoms in total. The Hall–Kier alpha value is -1.94. The molecular weight excluding hydrogens is 425 g/mol. The van der Waals surface area contributed by atoms with Crippen molar-refractivity contribution in [2.24, 2.45) is 0 Å². The maximum absolute atomic E-state index is 12.9. The summed E-state index contributed by atoms with van der Waals surface area (Å²) in [5.74, 6) is -0.518. The van der Waals surface area contributed by atoms with Gasteiger partial charge in [-0.3, -0.25) is 9.69 Å². The van der Waals surface area contributed by atoms with Gasteiger partial charge in [-0.05, 0) is 16.6 Å². The molecule has 0 saturated heterocycles. The van der Waals surface area contributed by atoms with Crippen LogP contribution in [0, 0.1) is 0 Å². The van der Waals surface area contributed by atoms with Gasteiger partial charge in [0, 0.05) is 19.5 Å². The highest BCUT2D eigenvalue weighted by Gasteiger charge is 2.49. The smallest absolute Gasteiger partial charge is 0.449 e. The highest BCUT2D eigenvalue weighted by Crippen LogP contribution is 2.40. The molecule has 0 amide bonds. The van der Waals surface area contributed by atoms with Crippen molar-refractivity contribution in [3.05, 3.63) is 39.4 Å². The molecule has 0 bridgehead atoms. The summed E-state index contributed by atoms with van der Waals surface area (Å²) >= 11 is 0. The Morgan fingerprint density at radius 2 is 1.77 bits per heavy atom.